The number of benzene rings is 1. The standard InChI is InChI=1S/C10H13NS2/c1-3-11-8-6-4-5-7-9(8)13-10(11)12-2/h4-7,10H,3H2,1-2H3. The third-order valence-electron chi connectivity index (χ3n) is 2.20. The summed E-state index contributed by atoms with van der Waals surface area (Å²) in [6.07, 6.45) is 2.17. The van der Waals surface area contributed by atoms with E-state index in [2.05, 4.69) is 42.3 Å². The minimum Gasteiger partial charge on any atom is -0.350 e. The molecular weight excluding hydrogens is 198 g/mol. The van der Waals surface area contributed by atoms with Crippen molar-refractivity contribution in [3.8, 4) is 0 Å². The van der Waals surface area contributed by atoms with Crippen molar-refractivity contribution in [2.45, 2.75) is 16.5 Å². The highest BCUT2D eigenvalue weighted by Crippen LogP contribution is 2.46. The van der Waals surface area contributed by atoms with E-state index in [-0.39, 0.29) is 0 Å². The molecule has 0 bridgehead atoms. The maximum Gasteiger partial charge on any atom is 0.126 e. The van der Waals surface area contributed by atoms with Crippen LogP contribution in [0, 0.1) is 0 Å². The van der Waals surface area contributed by atoms with Gasteiger partial charge in [-0.05, 0) is 25.3 Å². The number of rotatable bonds is 2. The number of anilines is 1. The Hall–Kier alpha value is -0.280. The van der Waals surface area contributed by atoms with E-state index in [0.29, 0.717) is 4.71 Å². The maximum atomic E-state index is 2.45. The van der Waals surface area contributed by atoms with Gasteiger partial charge in [0.05, 0.1) is 5.69 Å². The molecule has 0 aromatic heterocycles. The number of hydrogen-bond donors (Lipinski definition) is 0. The Bertz CT molecular complexity index is 301. The molecule has 3 heteroatoms. The smallest absolute Gasteiger partial charge is 0.126 e. The van der Waals surface area contributed by atoms with Crippen molar-refractivity contribution < 1.29 is 0 Å². The van der Waals surface area contributed by atoms with Crippen LogP contribution in [0.2, 0.25) is 0 Å². The van der Waals surface area contributed by atoms with Crippen LogP contribution in [0.5, 0.6) is 0 Å². The van der Waals surface area contributed by atoms with Crippen molar-refractivity contribution in [2.24, 2.45) is 0 Å². The normalized spacial score (nSPS) is 20.5. The van der Waals surface area contributed by atoms with E-state index < -0.39 is 0 Å². The summed E-state index contributed by atoms with van der Waals surface area (Å²) >= 11 is 3.87. The largest absolute Gasteiger partial charge is 0.350 e. The van der Waals surface area contributed by atoms with Crippen LogP contribution in [0.25, 0.3) is 0 Å². The Kier molecular flexibility index (Phi) is 2.74. The predicted molar refractivity (Wildman–Crippen MR) is 62.6 cm³/mol. The summed E-state index contributed by atoms with van der Waals surface area (Å²) in [7, 11) is 0. The molecule has 1 aliphatic rings. The van der Waals surface area contributed by atoms with Crippen LogP contribution >= 0.6 is 23.5 Å². The van der Waals surface area contributed by atoms with E-state index in [1.807, 2.05) is 23.5 Å². The second kappa shape index (κ2) is 3.84. The van der Waals surface area contributed by atoms with E-state index in [1.54, 1.807) is 0 Å². The zero-order valence-corrected chi connectivity index (χ0v) is 9.49. The fourth-order valence-corrected chi connectivity index (χ4v) is 3.86. The SMILES string of the molecule is CCN1c2ccccc2SC1SC. The molecule has 0 saturated carbocycles. The number of hydrogen-bond acceptors (Lipinski definition) is 3. The summed E-state index contributed by atoms with van der Waals surface area (Å²) in [6, 6.07) is 8.65. The summed E-state index contributed by atoms with van der Waals surface area (Å²) in [4.78, 5) is 3.87. The summed E-state index contributed by atoms with van der Waals surface area (Å²) in [5.74, 6) is 0. The fourth-order valence-electron chi connectivity index (χ4n) is 1.57. The van der Waals surface area contributed by atoms with Gasteiger partial charge in [0.25, 0.3) is 0 Å². The molecule has 1 nitrogen and oxygen atoms in total. The monoisotopic (exact) mass is 211 g/mol. The number of thioether (sulfide) groups is 2. The predicted octanol–water partition coefficient (Wildman–Crippen LogP) is 3.27. The third kappa shape index (κ3) is 1.55. The van der Waals surface area contributed by atoms with Gasteiger partial charge in [-0.3, -0.25) is 0 Å². The van der Waals surface area contributed by atoms with Crippen LogP contribution in [-0.4, -0.2) is 17.5 Å². The number of fused-ring (bicyclic) bond motifs is 1. The Morgan fingerprint density at radius 2 is 2.23 bits per heavy atom. The molecule has 0 amide bonds. The summed E-state index contributed by atoms with van der Waals surface area (Å²) in [6.45, 7) is 3.31. The van der Waals surface area contributed by atoms with Gasteiger partial charge in [0.2, 0.25) is 0 Å². The Morgan fingerprint density at radius 1 is 1.46 bits per heavy atom. The van der Waals surface area contributed by atoms with Crippen LogP contribution in [-0.2, 0) is 0 Å². The van der Waals surface area contributed by atoms with Crippen LogP contribution in [0.1, 0.15) is 6.92 Å². The quantitative estimate of drug-likeness (QED) is 0.739. The van der Waals surface area contributed by atoms with Crippen molar-refractivity contribution in [1.82, 2.24) is 0 Å². The van der Waals surface area contributed by atoms with Crippen molar-refractivity contribution >= 4 is 29.2 Å². The Balaban J connectivity index is 2.34. The van der Waals surface area contributed by atoms with Crippen molar-refractivity contribution in [3.63, 3.8) is 0 Å². The molecule has 1 aromatic rings. The average molecular weight is 211 g/mol. The molecule has 70 valence electrons. The fraction of sp³-hybridized carbons (Fsp3) is 0.400. The van der Waals surface area contributed by atoms with Gasteiger partial charge >= 0.3 is 0 Å². The lowest BCUT2D eigenvalue weighted by atomic mass is 10.3. The second-order valence-corrected chi connectivity index (χ2v) is 5.25. The van der Waals surface area contributed by atoms with Gasteiger partial charge in [-0.1, -0.05) is 23.9 Å². The molecule has 0 spiro atoms. The molecule has 0 radical (unpaired) electrons. The van der Waals surface area contributed by atoms with Crippen molar-refractivity contribution in [2.75, 3.05) is 17.7 Å². The van der Waals surface area contributed by atoms with E-state index in [0.717, 1.165) is 6.54 Å². The van der Waals surface area contributed by atoms with Gasteiger partial charge in [0, 0.05) is 11.4 Å². The third-order valence-corrected chi connectivity index (χ3v) is 4.78. The molecule has 0 saturated heterocycles. The first-order valence-electron chi connectivity index (χ1n) is 4.42. The zero-order chi connectivity index (χ0) is 9.26. The lowest BCUT2D eigenvalue weighted by Crippen LogP contribution is -2.25. The molecule has 1 atom stereocenters. The molecule has 0 aliphatic carbocycles. The average Bonchev–Trinajstić information content (AvgIpc) is 2.55. The minimum absolute atomic E-state index is 0.572. The van der Waals surface area contributed by atoms with E-state index in [9.17, 15) is 0 Å². The van der Waals surface area contributed by atoms with E-state index in [4.69, 9.17) is 0 Å². The van der Waals surface area contributed by atoms with E-state index in [1.165, 1.54) is 10.6 Å². The van der Waals surface area contributed by atoms with Gasteiger partial charge in [0.1, 0.15) is 4.71 Å². The highest BCUT2D eigenvalue weighted by molar-refractivity contribution is 8.17. The molecule has 0 N–H and O–H groups in total. The minimum atomic E-state index is 0.572. The highest BCUT2D eigenvalue weighted by Gasteiger charge is 2.27. The van der Waals surface area contributed by atoms with Gasteiger partial charge in [0.15, 0.2) is 0 Å². The highest BCUT2D eigenvalue weighted by atomic mass is 32.2. The number of nitrogens with zero attached hydrogens (tertiary/aromatic N) is 1. The van der Waals surface area contributed by atoms with Crippen LogP contribution < -0.4 is 4.90 Å². The van der Waals surface area contributed by atoms with Gasteiger partial charge in [-0.15, -0.1) is 11.8 Å². The first-order chi connectivity index (χ1) is 6.36. The first kappa shape index (κ1) is 9.28. The summed E-state index contributed by atoms with van der Waals surface area (Å²) in [5.41, 5.74) is 1.40. The Labute approximate surface area is 87.9 Å². The van der Waals surface area contributed by atoms with Gasteiger partial charge in [-0.25, -0.2) is 0 Å². The molecule has 13 heavy (non-hydrogen) atoms. The molecule has 0 fully saturated rings. The van der Waals surface area contributed by atoms with Crippen LogP contribution in [0.4, 0.5) is 5.69 Å². The first-order valence-corrected chi connectivity index (χ1v) is 6.58. The topological polar surface area (TPSA) is 3.24 Å². The molecule has 1 aliphatic heterocycles. The van der Waals surface area contributed by atoms with Gasteiger partial charge in [-0.2, -0.15) is 0 Å². The van der Waals surface area contributed by atoms with Crippen LogP contribution in [0.15, 0.2) is 29.2 Å². The molecule has 2 rings (SSSR count). The van der Waals surface area contributed by atoms with Crippen molar-refractivity contribution in [3.05, 3.63) is 24.3 Å². The van der Waals surface area contributed by atoms with Gasteiger partial charge < -0.3 is 4.90 Å². The van der Waals surface area contributed by atoms with Crippen LogP contribution in [0.3, 0.4) is 0 Å². The summed E-state index contributed by atoms with van der Waals surface area (Å²) < 4.78 is 0.572. The lowest BCUT2D eigenvalue weighted by molar-refractivity contribution is 0.924. The molecular formula is C10H13NS2. The molecule has 1 aromatic carbocycles. The van der Waals surface area contributed by atoms with Crippen molar-refractivity contribution in [1.29, 1.82) is 0 Å². The molecule has 1 unspecified atom stereocenters. The number of para-hydroxylation sites is 1. The maximum absolute atomic E-state index is 2.45. The molecule has 1 heterocycles. The zero-order valence-electron chi connectivity index (χ0n) is 7.86. The lowest BCUT2D eigenvalue weighted by Gasteiger charge is -2.22. The summed E-state index contributed by atoms with van der Waals surface area (Å²) in [5, 5.41) is 0. The second-order valence-electron chi connectivity index (χ2n) is 2.91. The van der Waals surface area contributed by atoms with E-state index >= 15 is 0 Å². The Morgan fingerprint density at radius 3 is 2.92 bits per heavy atom.